The van der Waals surface area contributed by atoms with E-state index in [-0.39, 0.29) is 12.8 Å². The summed E-state index contributed by atoms with van der Waals surface area (Å²) in [5, 5.41) is 17.5. The molecule has 0 saturated heterocycles. The van der Waals surface area contributed by atoms with Crippen LogP contribution >= 0.6 is 0 Å². The smallest absolute Gasteiger partial charge is 0.310 e. The number of carboxylic acids is 2. The van der Waals surface area contributed by atoms with Gasteiger partial charge in [-0.3, -0.25) is 9.59 Å². The molecule has 0 aliphatic heterocycles. The molecule has 0 amide bonds. The second kappa shape index (κ2) is 12.7. The molecule has 0 aromatic rings. The lowest BCUT2D eigenvalue weighted by molar-refractivity contribution is -0.141. The van der Waals surface area contributed by atoms with Crippen LogP contribution in [0.25, 0.3) is 0 Å². The SMILES string of the molecule is CCCCCCCCCC=CC(CCC(=O)O)C(=O)O. The molecule has 0 spiro atoms. The van der Waals surface area contributed by atoms with Gasteiger partial charge in [-0.2, -0.15) is 0 Å². The minimum absolute atomic E-state index is 0.0985. The van der Waals surface area contributed by atoms with Gasteiger partial charge in [-0.1, -0.05) is 57.6 Å². The van der Waals surface area contributed by atoms with E-state index in [0.717, 1.165) is 12.8 Å². The molecule has 2 N–H and O–H groups in total. The molecule has 0 fully saturated rings. The Morgan fingerprint density at radius 2 is 1.60 bits per heavy atom. The zero-order valence-corrected chi connectivity index (χ0v) is 12.5. The summed E-state index contributed by atoms with van der Waals surface area (Å²) < 4.78 is 0. The van der Waals surface area contributed by atoms with Gasteiger partial charge in [0.05, 0.1) is 5.92 Å². The van der Waals surface area contributed by atoms with Crippen molar-refractivity contribution in [2.24, 2.45) is 5.92 Å². The lowest BCUT2D eigenvalue weighted by Crippen LogP contribution is -2.12. The fourth-order valence-electron chi connectivity index (χ4n) is 2.06. The van der Waals surface area contributed by atoms with Gasteiger partial charge < -0.3 is 10.2 Å². The summed E-state index contributed by atoms with van der Waals surface area (Å²) >= 11 is 0. The number of rotatable bonds is 13. The molecule has 0 aliphatic carbocycles. The summed E-state index contributed by atoms with van der Waals surface area (Å²) in [7, 11) is 0. The van der Waals surface area contributed by atoms with Gasteiger partial charge in [-0.15, -0.1) is 0 Å². The minimum Gasteiger partial charge on any atom is -0.481 e. The number of hydrogen-bond donors (Lipinski definition) is 2. The van der Waals surface area contributed by atoms with Crippen molar-refractivity contribution in [3.8, 4) is 0 Å². The van der Waals surface area contributed by atoms with E-state index in [9.17, 15) is 9.59 Å². The Bertz CT molecular complexity index is 297. The third kappa shape index (κ3) is 11.8. The first-order valence-corrected chi connectivity index (χ1v) is 7.69. The van der Waals surface area contributed by atoms with Gasteiger partial charge in [-0.05, 0) is 19.3 Å². The molecule has 0 rings (SSSR count). The second-order valence-electron chi connectivity index (χ2n) is 5.22. The molecule has 4 nitrogen and oxygen atoms in total. The molecule has 0 saturated carbocycles. The summed E-state index contributed by atoms with van der Waals surface area (Å²) in [6.45, 7) is 2.20. The Morgan fingerprint density at radius 1 is 1.00 bits per heavy atom. The lowest BCUT2D eigenvalue weighted by Gasteiger charge is -2.05. The average molecular weight is 284 g/mol. The lowest BCUT2D eigenvalue weighted by atomic mass is 10.0. The number of hydrogen-bond acceptors (Lipinski definition) is 2. The van der Waals surface area contributed by atoms with Crippen LogP contribution in [0.1, 0.15) is 71.1 Å². The number of allylic oxidation sites excluding steroid dienone is 1. The molecule has 20 heavy (non-hydrogen) atoms. The first-order chi connectivity index (χ1) is 9.57. The van der Waals surface area contributed by atoms with Gasteiger partial charge in [0, 0.05) is 6.42 Å². The van der Waals surface area contributed by atoms with E-state index in [2.05, 4.69) is 6.92 Å². The molecule has 4 heteroatoms. The molecular formula is C16H28O4. The third-order valence-corrected chi connectivity index (χ3v) is 3.33. The van der Waals surface area contributed by atoms with Crippen molar-refractivity contribution >= 4 is 11.9 Å². The largest absolute Gasteiger partial charge is 0.481 e. The number of unbranched alkanes of at least 4 members (excludes halogenated alkanes) is 7. The zero-order chi connectivity index (χ0) is 15.2. The number of aliphatic carboxylic acids is 2. The van der Waals surface area contributed by atoms with E-state index < -0.39 is 17.9 Å². The predicted molar refractivity (Wildman–Crippen MR) is 79.7 cm³/mol. The van der Waals surface area contributed by atoms with Crippen LogP contribution in [0.2, 0.25) is 0 Å². The summed E-state index contributed by atoms with van der Waals surface area (Å²) in [5.74, 6) is -2.56. The Hall–Kier alpha value is -1.32. The normalized spacial score (nSPS) is 12.7. The highest BCUT2D eigenvalue weighted by molar-refractivity contribution is 5.73. The Kier molecular flexibility index (Phi) is 11.9. The van der Waals surface area contributed by atoms with Gasteiger partial charge in [0.1, 0.15) is 0 Å². The highest BCUT2D eigenvalue weighted by Crippen LogP contribution is 2.12. The maximum atomic E-state index is 10.9. The van der Waals surface area contributed by atoms with Crippen LogP contribution in [0.3, 0.4) is 0 Å². The first kappa shape index (κ1) is 18.7. The van der Waals surface area contributed by atoms with Crippen LogP contribution in [0.4, 0.5) is 0 Å². The molecular weight excluding hydrogens is 256 g/mol. The monoisotopic (exact) mass is 284 g/mol. The van der Waals surface area contributed by atoms with E-state index in [1.165, 1.54) is 38.5 Å². The van der Waals surface area contributed by atoms with Crippen molar-refractivity contribution in [3.05, 3.63) is 12.2 Å². The summed E-state index contributed by atoms with van der Waals surface area (Å²) in [5.41, 5.74) is 0. The quantitative estimate of drug-likeness (QED) is 0.391. The van der Waals surface area contributed by atoms with Crippen molar-refractivity contribution in [1.82, 2.24) is 0 Å². The molecule has 1 unspecified atom stereocenters. The van der Waals surface area contributed by atoms with Gasteiger partial charge in [-0.25, -0.2) is 0 Å². The standard InChI is InChI=1S/C16H28O4/c1-2-3-4-5-6-7-8-9-10-11-14(16(19)20)12-13-15(17)18/h10-11,14H,2-9,12-13H2,1H3,(H,17,18)(H,19,20). The molecule has 0 bridgehead atoms. The molecule has 0 radical (unpaired) electrons. The summed E-state index contributed by atoms with van der Waals surface area (Å²) in [4.78, 5) is 21.4. The van der Waals surface area contributed by atoms with E-state index >= 15 is 0 Å². The van der Waals surface area contributed by atoms with Crippen molar-refractivity contribution in [2.75, 3.05) is 0 Å². The van der Waals surface area contributed by atoms with Gasteiger partial charge >= 0.3 is 11.9 Å². The predicted octanol–water partition coefficient (Wildman–Crippen LogP) is 4.25. The second-order valence-corrected chi connectivity index (χ2v) is 5.22. The molecule has 0 aromatic carbocycles. The van der Waals surface area contributed by atoms with E-state index in [0.29, 0.717) is 0 Å². The van der Waals surface area contributed by atoms with Crippen LogP contribution in [-0.4, -0.2) is 22.2 Å². The van der Waals surface area contributed by atoms with Crippen LogP contribution in [0.15, 0.2) is 12.2 Å². The van der Waals surface area contributed by atoms with Crippen LogP contribution in [0.5, 0.6) is 0 Å². The molecule has 0 aliphatic rings. The number of carbonyl (C=O) groups is 2. The van der Waals surface area contributed by atoms with Gasteiger partial charge in [0.2, 0.25) is 0 Å². The van der Waals surface area contributed by atoms with E-state index in [4.69, 9.17) is 10.2 Å². The highest BCUT2D eigenvalue weighted by atomic mass is 16.4. The molecule has 0 heterocycles. The fraction of sp³-hybridized carbons (Fsp3) is 0.750. The topological polar surface area (TPSA) is 74.6 Å². The summed E-state index contributed by atoms with van der Waals surface area (Å²) in [6, 6.07) is 0. The molecule has 1 atom stereocenters. The van der Waals surface area contributed by atoms with Crippen LogP contribution < -0.4 is 0 Å². The maximum Gasteiger partial charge on any atom is 0.310 e. The van der Waals surface area contributed by atoms with E-state index in [1.54, 1.807) is 6.08 Å². The van der Waals surface area contributed by atoms with Crippen molar-refractivity contribution in [3.63, 3.8) is 0 Å². The van der Waals surface area contributed by atoms with Crippen molar-refractivity contribution in [1.29, 1.82) is 0 Å². The fourth-order valence-corrected chi connectivity index (χ4v) is 2.06. The van der Waals surface area contributed by atoms with Crippen LogP contribution in [0, 0.1) is 5.92 Å². The first-order valence-electron chi connectivity index (χ1n) is 7.69. The third-order valence-electron chi connectivity index (χ3n) is 3.33. The zero-order valence-electron chi connectivity index (χ0n) is 12.5. The Balaban J connectivity index is 3.68. The van der Waals surface area contributed by atoms with E-state index in [1.807, 2.05) is 6.08 Å². The Morgan fingerprint density at radius 3 is 2.15 bits per heavy atom. The highest BCUT2D eigenvalue weighted by Gasteiger charge is 2.14. The molecule has 116 valence electrons. The Labute approximate surface area is 121 Å². The van der Waals surface area contributed by atoms with Gasteiger partial charge in [0.25, 0.3) is 0 Å². The van der Waals surface area contributed by atoms with Crippen molar-refractivity contribution in [2.45, 2.75) is 71.1 Å². The minimum atomic E-state index is -0.947. The molecule has 0 aromatic heterocycles. The van der Waals surface area contributed by atoms with Crippen LogP contribution in [-0.2, 0) is 9.59 Å². The number of carboxylic acid groups (broad SMARTS) is 2. The maximum absolute atomic E-state index is 10.9. The summed E-state index contributed by atoms with van der Waals surface area (Å²) in [6.07, 6.45) is 13.1. The average Bonchev–Trinajstić information content (AvgIpc) is 2.39. The van der Waals surface area contributed by atoms with Gasteiger partial charge in [0.15, 0.2) is 0 Å². The van der Waals surface area contributed by atoms with Crippen molar-refractivity contribution < 1.29 is 19.8 Å².